The van der Waals surface area contributed by atoms with E-state index in [2.05, 4.69) is 10.4 Å². The van der Waals surface area contributed by atoms with E-state index in [1.807, 2.05) is 30.3 Å². The van der Waals surface area contributed by atoms with Crippen LogP contribution < -0.4 is 16.1 Å². The number of alkyl carbamates (subject to hydrolysis) is 1. The van der Waals surface area contributed by atoms with Gasteiger partial charge in [0.1, 0.15) is 17.4 Å². The van der Waals surface area contributed by atoms with Gasteiger partial charge in [-0.25, -0.2) is 4.79 Å². The molecule has 0 bridgehead atoms. The third-order valence-electron chi connectivity index (χ3n) is 5.19. The minimum absolute atomic E-state index is 0.136. The molecule has 1 fully saturated rings. The Morgan fingerprint density at radius 2 is 1.94 bits per heavy atom. The average molecular weight is 446 g/mol. The molecule has 2 aliphatic rings. The Kier molecular flexibility index (Phi) is 7.02. The van der Waals surface area contributed by atoms with E-state index >= 15 is 0 Å². The van der Waals surface area contributed by atoms with Crippen LogP contribution in [0.4, 0.5) is 10.5 Å². The molecule has 10 heteroatoms. The van der Waals surface area contributed by atoms with Crippen LogP contribution in [0.5, 0.6) is 0 Å². The molecule has 3 atom stereocenters. The average Bonchev–Trinajstić information content (AvgIpc) is 3.18. The van der Waals surface area contributed by atoms with Crippen LogP contribution in [0.3, 0.4) is 0 Å². The highest BCUT2D eigenvalue weighted by Gasteiger charge is 2.38. The lowest BCUT2D eigenvalue weighted by atomic mass is 10.1. The number of primary amides is 1. The Balaban J connectivity index is 1.67. The predicted octanol–water partition coefficient (Wildman–Crippen LogP) is 1.25. The van der Waals surface area contributed by atoms with Crippen molar-refractivity contribution in [2.45, 2.75) is 57.9 Å². The number of nitrogens with one attached hydrogen (secondary N) is 1. The first-order chi connectivity index (χ1) is 15.0. The molecule has 1 saturated heterocycles. The van der Waals surface area contributed by atoms with Gasteiger partial charge >= 0.3 is 6.09 Å². The normalized spacial score (nSPS) is 22.2. The Morgan fingerprint density at radius 3 is 2.56 bits per heavy atom. The van der Waals surface area contributed by atoms with Crippen LogP contribution in [-0.4, -0.2) is 72.0 Å². The highest BCUT2D eigenvalue weighted by Crippen LogP contribution is 2.25. The molecular weight excluding hydrogens is 414 g/mol. The maximum atomic E-state index is 13.2. The zero-order chi connectivity index (χ0) is 23.5. The SMILES string of the molecule is C[C@H](NC(=O)OC(C)(C)C)[C@H]1CN(C(=O)C2=NN(c3ccccc3)[C@H](C(N)=O)C2)CCO1. The summed E-state index contributed by atoms with van der Waals surface area (Å²) in [5.74, 6) is -0.817. The van der Waals surface area contributed by atoms with Crippen LogP contribution in [-0.2, 0) is 19.1 Å². The lowest BCUT2D eigenvalue weighted by Crippen LogP contribution is -2.55. The summed E-state index contributed by atoms with van der Waals surface area (Å²) in [6.07, 6.45) is -0.809. The van der Waals surface area contributed by atoms with Gasteiger partial charge in [-0.2, -0.15) is 5.10 Å². The summed E-state index contributed by atoms with van der Waals surface area (Å²) in [5, 5.41) is 8.68. The van der Waals surface area contributed by atoms with E-state index in [0.717, 1.165) is 0 Å². The molecule has 0 saturated carbocycles. The molecule has 32 heavy (non-hydrogen) atoms. The summed E-state index contributed by atoms with van der Waals surface area (Å²) in [7, 11) is 0. The number of hydrazone groups is 1. The fraction of sp³-hybridized carbons (Fsp3) is 0.545. The lowest BCUT2D eigenvalue weighted by Gasteiger charge is -2.36. The van der Waals surface area contributed by atoms with E-state index in [9.17, 15) is 14.4 Å². The molecule has 174 valence electrons. The van der Waals surface area contributed by atoms with Crippen molar-refractivity contribution < 1.29 is 23.9 Å². The molecule has 1 aromatic carbocycles. The van der Waals surface area contributed by atoms with E-state index in [0.29, 0.717) is 18.8 Å². The first-order valence-corrected chi connectivity index (χ1v) is 10.7. The van der Waals surface area contributed by atoms with E-state index in [4.69, 9.17) is 15.2 Å². The van der Waals surface area contributed by atoms with Gasteiger partial charge in [0.15, 0.2) is 0 Å². The second kappa shape index (κ2) is 9.56. The van der Waals surface area contributed by atoms with Gasteiger partial charge < -0.3 is 25.4 Å². The summed E-state index contributed by atoms with van der Waals surface area (Å²) in [6, 6.07) is 8.03. The zero-order valence-corrected chi connectivity index (χ0v) is 18.9. The van der Waals surface area contributed by atoms with Gasteiger partial charge in [0.05, 0.1) is 24.4 Å². The van der Waals surface area contributed by atoms with Gasteiger partial charge in [0, 0.05) is 19.5 Å². The molecule has 3 N–H and O–H groups in total. The highest BCUT2D eigenvalue weighted by molar-refractivity contribution is 6.40. The summed E-state index contributed by atoms with van der Waals surface area (Å²) in [6.45, 7) is 8.16. The van der Waals surface area contributed by atoms with Crippen molar-refractivity contribution in [3.8, 4) is 0 Å². The molecule has 3 amide bonds. The number of nitrogens with two attached hydrogens (primary N) is 1. The third kappa shape index (κ3) is 5.76. The first kappa shape index (κ1) is 23.5. The fourth-order valence-corrected chi connectivity index (χ4v) is 3.61. The smallest absolute Gasteiger partial charge is 0.407 e. The quantitative estimate of drug-likeness (QED) is 0.702. The summed E-state index contributed by atoms with van der Waals surface area (Å²) in [5.41, 5.74) is 5.92. The molecular formula is C22H31N5O5. The second-order valence-electron chi connectivity index (χ2n) is 8.94. The Bertz CT molecular complexity index is 882. The number of carbonyl (C=O) groups excluding carboxylic acids is 3. The standard InChI is InChI=1S/C22H31N5O5/c1-14(24-21(30)32-22(2,3)4)18-13-26(10-11-31-18)20(29)16-12-17(19(23)28)27(25-16)15-8-6-5-7-9-15/h5-9,14,17-18H,10-13H2,1-4H3,(H2,23,28)(H,24,30)/t14-,17-,18+/m0/s1. The second-order valence-corrected chi connectivity index (χ2v) is 8.94. The molecule has 2 aliphatic heterocycles. The van der Waals surface area contributed by atoms with Crippen LogP contribution in [0.2, 0.25) is 0 Å². The summed E-state index contributed by atoms with van der Waals surface area (Å²) >= 11 is 0. The summed E-state index contributed by atoms with van der Waals surface area (Å²) in [4.78, 5) is 38.9. The topological polar surface area (TPSA) is 127 Å². The van der Waals surface area contributed by atoms with Crippen molar-refractivity contribution in [2.75, 3.05) is 24.7 Å². The van der Waals surface area contributed by atoms with Crippen molar-refractivity contribution >= 4 is 29.3 Å². The monoisotopic (exact) mass is 445 g/mol. The van der Waals surface area contributed by atoms with E-state index in [-0.39, 0.29) is 30.6 Å². The number of nitrogens with zero attached hydrogens (tertiary/aromatic N) is 3. The number of morpholine rings is 1. The number of rotatable bonds is 5. The van der Waals surface area contributed by atoms with Crippen molar-refractivity contribution in [3.05, 3.63) is 30.3 Å². The Hall–Kier alpha value is -3.14. The number of amides is 3. The number of benzene rings is 1. The van der Waals surface area contributed by atoms with Crippen molar-refractivity contribution in [2.24, 2.45) is 10.8 Å². The van der Waals surface area contributed by atoms with Gasteiger partial charge in [-0.1, -0.05) is 18.2 Å². The number of para-hydroxylation sites is 1. The van der Waals surface area contributed by atoms with E-state index < -0.39 is 29.7 Å². The lowest BCUT2D eigenvalue weighted by molar-refractivity contribution is -0.132. The van der Waals surface area contributed by atoms with Gasteiger partial charge in [-0.3, -0.25) is 14.6 Å². The minimum atomic E-state index is -0.721. The van der Waals surface area contributed by atoms with Crippen molar-refractivity contribution in [3.63, 3.8) is 0 Å². The van der Waals surface area contributed by atoms with Gasteiger partial charge in [-0.05, 0) is 39.8 Å². The molecule has 2 heterocycles. The molecule has 0 spiro atoms. The van der Waals surface area contributed by atoms with Crippen molar-refractivity contribution in [1.29, 1.82) is 0 Å². The van der Waals surface area contributed by atoms with Crippen molar-refractivity contribution in [1.82, 2.24) is 10.2 Å². The molecule has 0 aromatic heterocycles. The summed E-state index contributed by atoms with van der Waals surface area (Å²) < 4.78 is 11.1. The molecule has 0 unspecified atom stereocenters. The molecule has 10 nitrogen and oxygen atoms in total. The van der Waals surface area contributed by atoms with Crippen LogP contribution >= 0.6 is 0 Å². The first-order valence-electron chi connectivity index (χ1n) is 10.7. The largest absolute Gasteiger partial charge is 0.444 e. The third-order valence-corrected chi connectivity index (χ3v) is 5.19. The highest BCUT2D eigenvalue weighted by atomic mass is 16.6. The van der Waals surface area contributed by atoms with Gasteiger partial charge in [0.25, 0.3) is 5.91 Å². The van der Waals surface area contributed by atoms with E-state index in [1.165, 1.54) is 5.01 Å². The van der Waals surface area contributed by atoms with Gasteiger partial charge in [0.2, 0.25) is 5.91 Å². The Labute approximate surface area is 187 Å². The number of anilines is 1. The van der Waals surface area contributed by atoms with Gasteiger partial charge in [-0.15, -0.1) is 0 Å². The van der Waals surface area contributed by atoms with Crippen LogP contribution in [0.1, 0.15) is 34.1 Å². The molecule has 0 aliphatic carbocycles. The van der Waals surface area contributed by atoms with Crippen LogP contribution in [0.15, 0.2) is 35.4 Å². The van der Waals surface area contributed by atoms with Crippen LogP contribution in [0.25, 0.3) is 0 Å². The molecule has 1 aromatic rings. The fourth-order valence-electron chi connectivity index (χ4n) is 3.61. The number of hydrogen-bond acceptors (Lipinski definition) is 7. The van der Waals surface area contributed by atoms with Crippen LogP contribution in [0, 0.1) is 0 Å². The Morgan fingerprint density at radius 1 is 1.25 bits per heavy atom. The maximum Gasteiger partial charge on any atom is 0.407 e. The number of ether oxygens (including phenoxy) is 2. The zero-order valence-electron chi connectivity index (χ0n) is 18.9. The maximum absolute atomic E-state index is 13.2. The van der Waals surface area contributed by atoms with E-state index in [1.54, 1.807) is 32.6 Å². The molecule has 3 rings (SSSR count). The minimum Gasteiger partial charge on any atom is -0.444 e. The number of carbonyl (C=O) groups is 3. The predicted molar refractivity (Wildman–Crippen MR) is 119 cm³/mol. The molecule has 0 radical (unpaired) electrons. The number of hydrogen-bond donors (Lipinski definition) is 2.